The highest BCUT2D eigenvalue weighted by Gasteiger charge is 2.53. The molecule has 3 rings (SSSR count). The van der Waals surface area contributed by atoms with Gasteiger partial charge in [0.1, 0.15) is 18.3 Å². The monoisotopic (exact) mass is 260 g/mol. The molecule has 0 aliphatic carbocycles. The van der Waals surface area contributed by atoms with E-state index in [4.69, 9.17) is 14.2 Å². The molecule has 0 bridgehead atoms. The molecule has 2 fully saturated rings. The minimum Gasteiger partial charge on any atom is -0.386 e. The van der Waals surface area contributed by atoms with Gasteiger partial charge in [0, 0.05) is 5.56 Å². The van der Waals surface area contributed by atoms with Crippen molar-refractivity contribution >= 4 is 0 Å². The fraction of sp³-hybridized carbons (Fsp3) is 0.467. The lowest BCUT2D eigenvalue weighted by Gasteiger charge is -2.20. The molecule has 2 aliphatic rings. The van der Waals surface area contributed by atoms with Crippen molar-refractivity contribution in [2.24, 2.45) is 0 Å². The summed E-state index contributed by atoms with van der Waals surface area (Å²) in [7, 11) is 0. The molecule has 0 radical (unpaired) electrons. The van der Waals surface area contributed by atoms with E-state index in [2.05, 4.69) is 11.8 Å². The fourth-order valence-corrected chi connectivity index (χ4v) is 2.29. The Hall–Kier alpha value is -1.38. The Morgan fingerprint density at radius 2 is 1.89 bits per heavy atom. The van der Waals surface area contributed by atoms with E-state index in [9.17, 15) is 5.11 Å². The lowest BCUT2D eigenvalue weighted by Crippen LogP contribution is -2.33. The van der Waals surface area contributed by atoms with Gasteiger partial charge in [-0.05, 0) is 26.0 Å². The van der Waals surface area contributed by atoms with Crippen molar-refractivity contribution in [2.75, 3.05) is 0 Å². The summed E-state index contributed by atoms with van der Waals surface area (Å²) in [6.45, 7) is 3.60. The van der Waals surface area contributed by atoms with E-state index in [1.165, 1.54) is 0 Å². The highest BCUT2D eigenvalue weighted by atomic mass is 16.8. The third-order valence-electron chi connectivity index (χ3n) is 3.15. The molecule has 4 heteroatoms. The van der Waals surface area contributed by atoms with Gasteiger partial charge in [0.25, 0.3) is 0 Å². The van der Waals surface area contributed by atoms with E-state index in [-0.39, 0.29) is 0 Å². The molecule has 19 heavy (non-hydrogen) atoms. The van der Waals surface area contributed by atoms with Gasteiger partial charge < -0.3 is 19.3 Å². The lowest BCUT2D eigenvalue weighted by molar-refractivity contribution is -0.208. The second-order valence-electron chi connectivity index (χ2n) is 5.15. The van der Waals surface area contributed by atoms with Crippen molar-refractivity contribution < 1.29 is 19.3 Å². The van der Waals surface area contributed by atoms with Crippen molar-refractivity contribution in [1.29, 1.82) is 0 Å². The molecule has 0 amide bonds. The third kappa shape index (κ3) is 2.51. The van der Waals surface area contributed by atoms with Crippen LogP contribution in [0.4, 0.5) is 0 Å². The van der Waals surface area contributed by atoms with Crippen LogP contribution in [-0.2, 0) is 14.2 Å². The van der Waals surface area contributed by atoms with Crippen molar-refractivity contribution in [3.05, 3.63) is 35.9 Å². The summed E-state index contributed by atoms with van der Waals surface area (Å²) in [5.41, 5.74) is 0.887. The van der Waals surface area contributed by atoms with Gasteiger partial charge >= 0.3 is 0 Å². The molecule has 100 valence electrons. The van der Waals surface area contributed by atoms with Gasteiger partial charge in [-0.3, -0.25) is 0 Å². The molecule has 0 unspecified atom stereocenters. The van der Waals surface area contributed by atoms with Crippen LogP contribution in [0.5, 0.6) is 0 Å². The summed E-state index contributed by atoms with van der Waals surface area (Å²) < 4.78 is 16.7. The van der Waals surface area contributed by atoms with Gasteiger partial charge in [0.2, 0.25) is 0 Å². The maximum absolute atomic E-state index is 10.1. The molecule has 1 aromatic rings. The predicted molar refractivity (Wildman–Crippen MR) is 68.0 cm³/mol. The van der Waals surface area contributed by atoms with Gasteiger partial charge in [0.05, 0.1) is 0 Å². The van der Waals surface area contributed by atoms with Crippen LogP contribution in [0.15, 0.2) is 30.3 Å². The summed E-state index contributed by atoms with van der Waals surface area (Å²) in [6, 6.07) is 9.58. The zero-order chi connectivity index (χ0) is 13.5. The molecular weight excluding hydrogens is 244 g/mol. The normalized spacial score (nSPS) is 35.5. The van der Waals surface area contributed by atoms with Gasteiger partial charge in [0.15, 0.2) is 12.1 Å². The zero-order valence-electron chi connectivity index (χ0n) is 10.9. The average molecular weight is 260 g/mol. The van der Waals surface area contributed by atoms with Crippen LogP contribution < -0.4 is 0 Å². The molecule has 1 N–H and O–H groups in total. The number of rotatable bonds is 0. The van der Waals surface area contributed by atoms with E-state index in [0.717, 1.165) is 5.56 Å². The molecule has 0 spiro atoms. The first-order chi connectivity index (χ1) is 9.05. The summed E-state index contributed by atoms with van der Waals surface area (Å²) in [6.07, 6.45) is -2.38. The van der Waals surface area contributed by atoms with E-state index in [0.29, 0.717) is 0 Å². The SMILES string of the molecule is CC1(C)O[C@H]2O[C@H](C#Cc3ccccc3)[C@H](O)[C@H]2O1. The molecule has 0 aromatic heterocycles. The second-order valence-corrected chi connectivity index (χ2v) is 5.15. The van der Waals surface area contributed by atoms with Crippen LogP contribution in [0.1, 0.15) is 19.4 Å². The van der Waals surface area contributed by atoms with Crippen molar-refractivity contribution in [3.63, 3.8) is 0 Å². The van der Waals surface area contributed by atoms with E-state index in [1.54, 1.807) is 13.8 Å². The number of hydrogen-bond donors (Lipinski definition) is 1. The summed E-state index contributed by atoms with van der Waals surface area (Å²) in [5, 5.41) is 10.1. The number of hydrogen-bond acceptors (Lipinski definition) is 4. The van der Waals surface area contributed by atoms with Crippen LogP contribution >= 0.6 is 0 Å². The van der Waals surface area contributed by atoms with E-state index < -0.39 is 30.4 Å². The van der Waals surface area contributed by atoms with E-state index >= 15 is 0 Å². The predicted octanol–water partition coefficient (Wildman–Crippen LogP) is 1.28. The summed E-state index contributed by atoms with van der Waals surface area (Å²) in [5.74, 6) is 5.19. The first-order valence-corrected chi connectivity index (χ1v) is 6.31. The van der Waals surface area contributed by atoms with Gasteiger partial charge in [-0.1, -0.05) is 30.0 Å². The number of benzene rings is 1. The fourth-order valence-electron chi connectivity index (χ4n) is 2.29. The van der Waals surface area contributed by atoms with Crippen LogP contribution in [0.2, 0.25) is 0 Å². The molecule has 2 heterocycles. The Kier molecular flexibility index (Phi) is 3.08. The van der Waals surface area contributed by atoms with Crippen molar-refractivity contribution in [2.45, 2.75) is 44.2 Å². The maximum Gasteiger partial charge on any atom is 0.191 e. The van der Waals surface area contributed by atoms with Crippen molar-refractivity contribution in [3.8, 4) is 11.8 Å². The van der Waals surface area contributed by atoms with Gasteiger partial charge in [-0.15, -0.1) is 0 Å². The molecular formula is C15H16O4. The smallest absolute Gasteiger partial charge is 0.191 e. The Bertz CT molecular complexity index is 514. The lowest BCUT2D eigenvalue weighted by atomic mass is 10.1. The van der Waals surface area contributed by atoms with E-state index in [1.807, 2.05) is 30.3 Å². The van der Waals surface area contributed by atoms with Gasteiger partial charge in [-0.25, -0.2) is 0 Å². The molecule has 1 aromatic carbocycles. The number of fused-ring (bicyclic) bond motifs is 1. The minimum atomic E-state index is -0.789. The average Bonchev–Trinajstić information content (AvgIpc) is 2.83. The Morgan fingerprint density at radius 1 is 1.16 bits per heavy atom. The molecule has 4 atom stereocenters. The summed E-state index contributed by atoms with van der Waals surface area (Å²) in [4.78, 5) is 0. The first-order valence-electron chi connectivity index (χ1n) is 6.31. The standard InChI is InChI=1S/C15H16O4/c1-15(2)18-13-12(16)11(17-14(13)19-15)9-8-10-6-4-3-5-7-10/h3-7,11-14,16H,1-2H3/t11-,12+,13-,14-/m1/s1. The van der Waals surface area contributed by atoms with Crippen LogP contribution in [0.3, 0.4) is 0 Å². The third-order valence-corrected chi connectivity index (χ3v) is 3.15. The molecule has 2 saturated heterocycles. The quantitative estimate of drug-likeness (QED) is 0.714. The minimum absolute atomic E-state index is 0.468. The Morgan fingerprint density at radius 3 is 2.58 bits per heavy atom. The van der Waals surface area contributed by atoms with Gasteiger partial charge in [-0.2, -0.15) is 0 Å². The maximum atomic E-state index is 10.1. The summed E-state index contributed by atoms with van der Waals surface area (Å²) >= 11 is 0. The van der Waals surface area contributed by atoms with Crippen LogP contribution in [-0.4, -0.2) is 35.5 Å². The highest BCUT2D eigenvalue weighted by Crippen LogP contribution is 2.37. The number of aliphatic hydroxyl groups excluding tert-OH is 1. The zero-order valence-corrected chi connectivity index (χ0v) is 10.9. The largest absolute Gasteiger partial charge is 0.386 e. The topological polar surface area (TPSA) is 47.9 Å². The highest BCUT2D eigenvalue weighted by molar-refractivity contribution is 5.35. The first kappa shape index (κ1) is 12.6. The van der Waals surface area contributed by atoms with Crippen LogP contribution in [0.25, 0.3) is 0 Å². The number of ether oxygens (including phenoxy) is 3. The number of aliphatic hydroxyl groups is 1. The second kappa shape index (κ2) is 4.62. The van der Waals surface area contributed by atoms with Crippen molar-refractivity contribution in [1.82, 2.24) is 0 Å². The molecule has 4 nitrogen and oxygen atoms in total. The Balaban J connectivity index is 1.72. The molecule has 0 saturated carbocycles. The molecule has 2 aliphatic heterocycles. The van der Waals surface area contributed by atoms with Crippen LogP contribution in [0, 0.1) is 11.8 Å². The Labute approximate surface area is 112 Å².